The van der Waals surface area contributed by atoms with E-state index >= 15 is 0 Å². The molecule has 1 aromatic carbocycles. The number of aliphatic hydroxyl groups excluding tert-OH is 1. The average molecular weight is 312 g/mol. The van der Waals surface area contributed by atoms with Crippen LogP contribution in [-0.2, 0) is 4.79 Å². The molecule has 1 saturated heterocycles. The fourth-order valence-corrected chi connectivity index (χ4v) is 2.39. The van der Waals surface area contributed by atoms with E-state index in [0.29, 0.717) is 6.07 Å². The highest BCUT2D eigenvalue weighted by Crippen LogP contribution is 2.17. The van der Waals surface area contributed by atoms with Gasteiger partial charge in [0.1, 0.15) is 17.7 Å². The lowest BCUT2D eigenvalue weighted by Crippen LogP contribution is -2.52. The Kier molecular flexibility index (Phi) is 4.75. The zero-order valence-electron chi connectivity index (χ0n) is 12.5. The van der Waals surface area contributed by atoms with Crippen molar-refractivity contribution in [2.45, 2.75) is 20.0 Å². The molecule has 2 amide bonds. The van der Waals surface area contributed by atoms with Gasteiger partial charge in [-0.25, -0.2) is 8.78 Å². The zero-order valence-corrected chi connectivity index (χ0v) is 12.5. The van der Waals surface area contributed by atoms with Crippen molar-refractivity contribution >= 4 is 11.8 Å². The van der Waals surface area contributed by atoms with E-state index in [1.165, 1.54) is 29.7 Å². The fraction of sp³-hybridized carbons (Fsp3) is 0.467. The van der Waals surface area contributed by atoms with Gasteiger partial charge >= 0.3 is 0 Å². The summed E-state index contributed by atoms with van der Waals surface area (Å²) in [5.74, 6) is -2.50. The summed E-state index contributed by atoms with van der Waals surface area (Å²) in [6.07, 6.45) is -1.08. The first kappa shape index (κ1) is 16.4. The molecule has 22 heavy (non-hydrogen) atoms. The van der Waals surface area contributed by atoms with E-state index < -0.39 is 29.6 Å². The van der Waals surface area contributed by atoms with Crippen molar-refractivity contribution in [3.8, 4) is 0 Å². The molecule has 1 N–H and O–H groups in total. The van der Waals surface area contributed by atoms with Gasteiger partial charge in [-0.3, -0.25) is 9.59 Å². The number of halogens is 2. The Bertz CT molecular complexity index is 597. The van der Waals surface area contributed by atoms with Crippen molar-refractivity contribution in [2.75, 3.05) is 26.2 Å². The molecule has 0 bridgehead atoms. The number of rotatable bonds is 2. The largest absolute Gasteiger partial charge is 0.384 e. The van der Waals surface area contributed by atoms with Crippen LogP contribution in [0, 0.1) is 18.6 Å². The Morgan fingerprint density at radius 2 is 1.64 bits per heavy atom. The number of benzene rings is 1. The molecule has 5 nitrogen and oxygen atoms in total. The Labute approximate surface area is 127 Å². The molecule has 1 heterocycles. The van der Waals surface area contributed by atoms with Gasteiger partial charge in [0.25, 0.3) is 11.8 Å². The number of aryl methyl sites for hydroxylation is 1. The molecular formula is C15H18F2N2O3. The van der Waals surface area contributed by atoms with Gasteiger partial charge in [0.15, 0.2) is 0 Å². The second-order valence-corrected chi connectivity index (χ2v) is 5.37. The van der Waals surface area contributed by atoms with Gasteiger partial charge in [0.05, 0.1) is 5.56 Å². The molecule has 0 aliphatic carbocycles. The SMILES string of the molecule is Cc1cc(C(=O)N2CCN(C(=O)C(C)O)CC2)c(F)cc1F. The lowest BCUT2D eigenvalue weighted by Gasteiger charge is -2.35. The smallest absolute Gasteiger partial charge is 0.256 e. The van der Waals surface area contributed by atoms with Crippen LogP contribution in [0.2, 0.25) is 0 Å². The van der Waals surface area contributed by atoms with Gasteiger partial charge in [-0.2, -0.15) is 0 Å². The molecule has 2 rings (SSSR count). The second kappa shape index (κ2) is 6.39. The standard InChI is InChI=1S/C15H18F2N2O3/c1-9-7-11(13(17)8-12(9)16)15(22)19-5-3-18(4-6-19)14(21)10(2)20/h7-8,10,20H,3-6H2,1-2H3. The first-order valence-electron chi connectivity index (χ1n) is 7.03. The summed E-state index contributed by atoms with van der Waals surface area (Å²) in [5.41, 5.74) is 0.0295. The lowest BCUT2D eigenvalue weighted by molar-refractivity contribution is -0.140. The van der Waals surface area contributed by atoms with E-state index in [-0.39, 0.29) is 37.3 Å². The minimum atomic E-state index is -1.08. The van der Waals surface area contributed by atoms with Crippen LogP contribution in [0.15, 0.2) is 12.1 Å². The van der Waals surface area contributed by atoms with Gasteiger partial charge in [-0.15, -0.1) is 0 Å². The number of hydrogen-bond acceptors (Lipinski definition) is 3. The predicted octanol–water partition coefficient (Wildman–Crippen LogP) is 0.938. The maximum Gasteiger partial charge on any atom is 0.256 e. The minimum absolute atomic E-state index is 0.172. The summed E-state index contributed by atoms with van der Waals surface area (Å²) in [7, 11) is 0. The monoisotopic (exact) mass is 312 g/mol. The first-order chi connectivity index (χ1) is 10.3. The van der Waals surface area contributed by atoms with Gasteiger partial charge in [-0.1, -0.05) is 0 Å². The molecule has 1 fully saturated rings. The minimum Gasteiger partial charge on any atom is -0.384 e. The van der Waals surface area contributed by atoms with Gasteiger partial charge in [0.2, 0.25) is 0 Å². The quantitative estimate of drug-likeness (QED) is 0.884. The van der Waals surface area contributed by atoms with Crippen LogP contribution in [0.25, 0.3) is 0 Å². The average Bonchev–Trinajstić information content (AvgIpc) is 2.49. The third-order valence-electron chi connectivity index (χ3n) is 3.71. The zero-order chi connectivity index (χ0) is 16.4. The van der Waals surface area contributed by atoms with Crippen molar-refractivity contribution in [2.24, 2.45) is 0 Å². The number of nitrogens with zero attached hydrogens (tertiary/aromatic N) is 2. The van der Waals surface area contributed by atoms with E-state index in [1.54, 1.807) is 0 Å². The number of amides is 2. The van der Waals surface area contributed by atoms with Crippen molar-refractivity contribution in [3.63, 3.8) is 0 Å². The predicted molar refractivity (Wildman–Crippen MR) is 75.3 cm³/mol. The molecule has 0 saturated carbocycles. The van der Waals surface area contributed by atoms with Gasteiger partial charge < -0.3 is 14.9 Å². The molecule has 1 aromatic rings. The van der Waals surface area contributed by atoms with Crippen molar-refractivity contribution in [1.29, 1.82) is 0 Å². The van der Waals surface area contributed by atoms with Gasteiger partial charge in [-0.05, 0) is 25.5 Å². The normalized spacial score (nSPS) is 16.6. The van der Waals surface area contributed by atoms with E-state index in [4.69, 9.17) is 0 Å². The summed E-state index contributed by atoms with van der Waals surface area (Å²) < 4.78 is 27.0. The van der Waals surface area contributed by atoms with Crippen LogP contribution in [0.4, 0.5) is 8.78 Å². The highest BCUT2D eigenvalue weighted by molar-refractivity contribution is 5.95. The maximum absolute atomic E-state index is 13.8. The lowest BCUT2D eigenvalue weighted by atomic mass is 10.1. The number of aliphatic hydroxyl groups is 1. The van der Waals surface area contributed by atoms with Crippen LogP contribution in [0.1, 0.15) is 22.8 Å². The Morgan fingerprint density at radius 1 is 1.09 bits per heavy atom. The Balaban J connectivity index is 2.07. The van der Waals surface area contributed by atoms with E-state index in [9.17, 15) is 23.5 Å². The van der Waals surface area contributed by atoms with E-state index in [2.05, 4.69) is 0 Å². The van der Waals surface area contributed by atoms with Crippen LogP contribution >= 0.6 is 0 Å². The molecule has 7 heteroatoms. The summed E-state index contributed by atoms with van der Waals surface area (Å²) in [4.78, 5) is 26.8. The molecule has 0 aromatic heterocycles. The first-order valence-corrected chi connectivity index (χ1v) is 7.03. The number of carbonyl (C=O) groups excluding carboxylic acids is 2. The molecule has 1 aliphatic heterocycles. The third-order valence-corrected chi connectivity index (χ3v) is 3.71. The van der Waals surface area contributed by atoms with Crippen LogP contribution in [0.3, 0.4) is 0 Å². The fourth-order valence-electron chi connectivity index (χ4n) is 2.39. The number of piperazine rings is 1. The van der Waals surface area contributed by atoms with Crippen LogP contribution < -0.4 is 0 Å². The molecule has 120 valence electrons. The summed E-state index contributed by atoms with van der Waals surface area (Å²) in [6.45, 7) is 3.89. The number of hydrogen-bond donors (Lipinski definition) is 1. The van der Waals surface area contributed by atoms with Crippen molar-refractivity contribution < 1.29 is 23.5 Å². The van der Waals surface area contributed by atoms with Crippen molar-refractivity contribution in [3.05, 3.63) is 34.9 Å². The molecule has 1 atom stereocenters. The van der Waals surface area contributed by atoms with Crippen LogP contribution in [0.5, 0.6) is 0 Å². The highest BCUT2D eigenvalue weighted by Gasteiger charge is 2.28. The molecule has 0 radical (unpaired) electrons. The molecule has 1 aliphatic rings. The second-order valence-electron chi connectivity index (χ2n) is 5.37. The topological polar surface area (TPSA) is 60.9 Å². The summed E-state index contributed by atoms with van der Waals surface area (Å²) >= 11 is 0. The van der Waals surface area contributed by atoms with Crippen LogP contribution in [-0.4, -0.2) is 59.0 Å². The molecular weight excluding hydrogens is 294 g/mol. The number of carbonyl (C=O) groups is 2. The maximum atomic E-state index is 13.8. The van der Waals surface area contributed by atoms with E-state index in [0.717, 1.165) is 0 Å². The highest BCUT2D eigenvalue weighted by atomic mass is 19.1. The Hall–Kier alpha value is -2.02. The summed E-state index contributed by atoms with van der Waals surface area (Å²) in [6, 6.07) is 1.90. The summed E-state index contributed by atoms with van der Waals surface area (Å²) in [5, 5.41) is 9.26. The molecule has 0 spiro atoms. The van der Waals surface area contributed by atoms with E-state index in [1.807, 2.05) is 0 Å². The van der Waals surface area contributed by atoms with Gasteiger partial charge in [0, 0.05) is 32.2 Å². The van der Waals surface area contributed by atoms with Crippen molar-refractivity contribution in [1.82, 2.24) is 9.80 Å². The third kappa shape index (κ3) is 3.24. The molecule has 1 unspecified atom stereocenters. The Morgan fingerprint density at radius 3 is 2.18 bits per heavy atom.